The van der Waals surface area contributed by atoms with Gasteiger partial charge in [-0.15, -0.1) is 0 Å². The Morgan fingerprint density at radius 2 is 1.65 bits per heavy atom. The molecule has 0 saturated carbocycles. The third-order valence-electron chi connectivity index (χ3n) is 4.02. The number of amides is 1. The molecule has 17 heavy (non-hydrogen) atoms. The Morgan fingerprint density at radius 3 is 2.12 bits per heavy atom. The van der Waals surface area contributed by atoms with Gasteiger partial charge < -0.3 is 9.64 Å². The van der Waals surface area contributed by atoms with Gasteiger partial charge in [0.1, 0.15) is 5.75 Å². The molecular weight excluding hydrogens is 214 g/mol. The highest BCUT2D eigenvalue weighted by molar-refractivity contribution is 5.95. The fourth-order valence-electron chi connectivity index (χ4n) is 3.13. The predicted molar refractivity (Wildman–Crippen MR) is 65.2 cm³/mol. The first-order valence-corrected chi connectivity index (χ1v) is 6.26. The van der Waals surface area contributed by atoms with Gasteiger partial charge in [-0.25, -0.2) is 0 Å². The topological polar surface area (TPSA) is 29.5 Å². The molecule has 1 aromatic carbocycles. The van der Waals surface area contributed by atoms with Gasteiger partial charge in [0, 0.05) is 17.6 Å². The van der Waals surface area contributed by atoms with Crippen LogP contribution in [0.4, 0.5) is 0 Å². The van der Waals surface area contributed by atoms with Gasteiger partial charge in [-0.05, 0) is 49.9 Å². The van der Waals surface area contributed by atoms with Crippen LogP contribution in [-0.2, 0) is 0 Å². The van der Waals surface area contributed by atoms with Gasteiger partial charge in [-0.1, -0.05) is 0 Å². The van der Waals surface area contributed by atoms with Crippen LogP contribution in [0.15, 0.2) is 24.3 Å². The molecule has 0 N–H and O–H groups in total. The van der Waals surface area contributed by atoms with E-state index in [-0.39, 0.29) is 5.91 Å². The highest BCUT2D eigenvalue weighted by Gasteiger charge is 2.42. The number of carbonyl (C=O) groups excluding carboxylic acids is 1. The van der Waals surface area contributed by atoms with E-state index in [0.29, 0.717) is 12.1 Å². The van der Waals surface area contributed by atoms with Crippen molar-refractivity contribution in [1.82, 2.24) is 4.90 Å². The highest BCUT2D eigenvalue weighted by Crippen LogP contribution is 2.38. The lowest BCUT2D eigenvalue weighted by atomic mass is 10.0. The first kappa shape index (κ1) is 10.6. The third-order valence-corrected chi connectivity index (χ3v) is 4.02. The van der Waals surface area contributed by atoms with Gasteiger partial charge in [0.25, 0.3) is 5.91 Å². The highest BCUT2D eigenvalue weighted by atomic mass is 16.5. The standard InChI is InChI=1S/C14H17NO2/c1-17-13-8-2-10(3-9-13)14(16)15-11-4-5-12(15)7-6-11/h2-3,8-9,11-12H,4-7H2,1H3. The van der Waals surface area contributed by atoms with E-state index in [1.807, 2.05) is 24.3 Å². The van der Waals surface area contributed by atoms with Crippen LogP contribution in [0.5, 0.6) is 5.75 Å². The van der Waals surface area contributed by atoms with Gasteiger partial charge in [0.05, 0.1) is 7.11 Å². The monoisotopic (exact) mass is 231 g/mol. The minimum absolute atomic E-state index is 0.192. The Balaban J connectivity index is 1.81. The maximum atomic E-state index is 12.4. The van der Waals surface area contributed by atoms with Crippen molar-refractivity contribution in [2.24, 2.45) is 0 Å². The van der Waals surface area contributed by atoms with Crippen molar-refractivity contribution in [2.75, 3.05) is 7.11 Å². The summed E-state index contributed by atoms with van der Waals surface area (Å²) in [4.78, 5) is 14.5. The van der Waals surface area contributed by atoms with Crippen LogP contribution in [0.3, 0.4) is 0 Å². The number of nitrogens with zero attached hydrogens (tertiary/aromatic N) is 1. The first-order valence-electron chi connectivity index (χ1n) is 6.26. The molecule has 2 aliphatic heterocycles. The number of rotatable bonds is 2. The fourth-order valence-corrected chi connectivity index (χ4v) is 3.13. The molecule has 90 valence electrons. The van der Waals surface area contributed by atoms with E-state index in [1.54, 1.807) is 7.11 Å². The zero-order valence-electron chi connectivity index (χ0n) is 10.1. The van der Waals surface area contributed by atoms with Gasteiger partial charge in [-0.3, -0.25) is 4.79 Å². The van der Waals surface area contributed by atoms with E-state index < -0.39 is 0 Å². The van der Waals surface area contributed by atoms with Crippen LogP contribution in [0, 0.1) is 0 Å². The van der Waals surface area contributed by atoms with E-state index in [1.165, 1.54) is 25.7 Å². The normalized spacial score (nSPS) is 26.3. The number of hydrogen-bond acceptors (Lipinski definition) is 2. The molecule has 3 nitrogen and oxygen atoms in total. The number of ether oxygens (including phenoxy) is 1. The summed E-state index contributed by atoms with van der Waals surface area (Å²) in [5.41, 5.74) is 0.782. The molecular formula is C14H17NO2. The summed E-state index contributed by atoms with van der Waals surface area (Å²) < 4.78 is 5.10. The molecule has 3 heteroatoms. The minimum atomic E-state index is 0.192. The number of fused-ring (bicyclic) bond motifs is 2. The molecule has 1 aromatic rings. The Labute approximate surface area is 101 Å². The molecule has 0 atom stereocenters. The van der Waals surface area contributed by atoms with Gasteiger partial charge in [-0.2, -0.15) is 0 Å². The second kappa shape index (κ2) is 4.06. The van der Waals surface area contributed by atoms with E-state index in [4.69, 9.17) is 4.74 Å². The van der Waals surface area contributed by atoms with Gasteiger partial charge in [0.2, 0.25) is 0 Å². The summed E-state index contributed by atoms with van der Waals surface area (Å²) in [6.45, 7) is 0. The summed E-state index contributed by atoms with van der Waals surface area (Å²) in [6, 6.07) is 8.41. The van der Waals surface area contributed by atoms with Crippen LogP contribution in [0.2, 0.25) is 0 Å². The Morgan fingerprint density at radius 1 is 1.12 bits per heavy atom. The number of methoxy groups -OCH3 is 1. The number of hydrogen-bond donors (Lipinski definition) is 0. The van der Waals surface area contributed by atoms with Crippen molar-refractivity contribution >= 4 is 5.91 Å². The maximum Gasteiger partial charge on any atom is 0.254 e. The largest absolute Gasteiger partial charge is 0.497 e. The van der Waals surface area contributed by atoms with Crippen LogP contribution >= 0.6 is 0 Å². The average Bonchev–Trinajstić information content (AvgIpc) is 2.98. The van der Waals surface area contributed by atoms with E-state index in [0.717, 1.165) is 11.3 Å². The second-order valence-corrected chi connectivity index (χ2v) is 4.90. The molecule has 0 aliphatic carbocycles. The molecule has 1 amide bonds. The van der Waals surface area contributed by atoms with E-state index in [9.17, 15) is 4.79 Å². The molecule has 2 saturated heterocycles. The molecule has 2 aliphatic rings. The van der Waals surface area contributed by atoms with Crippen LogP contribution in [-0.4, -0.2) is 30.0 Å². The predicted octanol–water partition coefficient (Wildman–Crippen LogP) is 2.46. The molecule has 0 aromatic heterocycles. The van der Waals surface area contributed by atoms with Crippen molar-refractivity contribution < 1.29 is 9.53 Å². The molecule has 2 bridgehead atoms. The second-order valence-electron chi connectivity index (χ2n) is 4.90. The lowest BCUT2D eigenvalue weighted by molar-refractivity contribution is 0.0730. The molecule has 0 spiro atoms. The van der Waals surface area contributed by atoms with E-state index in [2.05, 4.69) is 4.90 Å². The Kier molecular flexibility index (Phi) is 2.54. The zero-order valence-corrected chi connectivity index (χ0v) is 10.1. The first-order chi connectivity index (χ1) is 8.29. The maximum absolute atomic E-state index is 12.4. The lowest BCUT2D eigenvalue weighted by Gasteiger charge is -2.22. The van der Waals surface area contributed by atoms with Crippen LogP contribution in [0.1, 0.15) is 36.0 Å². The number of carbonyl (C=O) groups is 1. The van der Waals surface area contributed by atoms with Crippen molar-refractivity contribution in [2.45, 2.75) is 37.8 Å². The summed E-state index contributed by atoms with van der Waals surface area (Å²) in [5.74, 6) is 0.989. The van der Waals surface area contributed by atoms with Crippen molar-refractivity contribution in [1.29, 1.82) is 0 Å². The average molecular weight is 231 g/mol. The summed E-state index contributed by atoms with van der Waals surface area (Å²) in [6.07, 6.45) is 4.75. The molecule has 3 rings (SSSR count). The van der Waals surface area contributed by atoms with Crippen molar-refractivity contribution in [3.8, 4) is 5.75 Å². The summed E-state index contributed by atoms with van der Waals surface area (Å²) in [5, 5.41) is 0. The quantitative estimate of drug-likeness (QED) is 0.782. The van der Waals surface area contributed by atoms with Crippen LogP contribution in [0.25, 0.3) is 0 Å². The molecule has 0 radical (unpaired) electrons. The molecule has 0 unspecified atom stereocenters. The van der Waals surface area contributed by atoms with Crippen LogP contribution < -0.4 is 4.74 Å². The smallest absolute Gasteiger partial charge is 0.254 e. The zero-order chi connectivity index (χ0) is 11.8. The van der Waals surface area contributed by atoms with E-state index >= 15 is 0 Å². The lowest BCUT2D eigenvalue weighted by Crippen LogP contribution is -2.35. The van der Waals surface area contributed by atoms with Crippen molar-refractivity contribution in [3.63, 3.8) is 0 Å². The Hall–Kier alpha value is -1.51. The SMILES string of the molecule is COc1ccc(C(=O)N2C3CCC2CC3)cc1. The third kappa shape index (κ3) is 1.70. The van der Waals surface area contributed by atoms with Gasteiger partial charge in [0.15, 0.2) is 0 Å². The van der Waals surface area contributed by atoms with Crippen molar-refractivity contribution in [3.05, 3.63) is 29.8 Å². The number of benzene rings is 1. The minimum Gasteiger partial charge on any atom is -0.497 e. The Bertz CT molecular complexity index is 406. The summed E-state index contributed by atoms with van der Waals surface area (Å²) >= 11 is 0. The molecule has 2 heterocycles. The molecule has 2 fully saturated rings. The summed E-state index contributed by atoms with van der Waals surface area (Å²) in [7, 11) is 1.64. The van der Waals surface area contributed by atoms with Gasteiger partial charge >= 0.3 is 0 Å². The fraction of sp³-hybridized carbons (Fsp3) is 0.500.